The number of rotatable bonds is 4. The van der Waals surface area contributed by atoms with Gasteiger partial charge in [-0.3, -0.25) is 4.79 Å². The summed E-state index contributed by atoms with van der Waals surface area (Å²) in [6.45, 7) is 2.10. The Balaban J connectivity index is 1.92. The largest absolute Gasteiger partial charge is 0.486 e. The van der Waals surface area contributed by atoms with Crippen molar-refractivity contribution >= 4 is 17.4 Å². The van der Waals surface area contributed by atoms with Gasteiger partial charge in [-0.25, -0.2) is 0 Å². The minimum atomic E-state index is 0.186. The van der Waals surface area contributed by atoms with Crippen LogP contribution in [-0.2, 0) is 4.79 Å². The van der Waals surface area contributed by atoms with Crippen LogP contribution < -0.4 is 4.74 Å². The highest BCUT2D eigenvalue weighted by molar-refractivity contribution is 6.31. The van der Waals surface area contributed by atoms with Crippen LogP contribution >= 0.6 is 11.6 Å². The van der Waals surface area contributed by atoms with E-state index in [0.717, 1.165) is 23.4 Å². The molecule has 0 unspecified atom stereocenters. The molecule has 1 aromatic rings. The highest BCUT2D eigenvalue weighted by Crippen LogP contribution is 2.30. The number of aryl methyl sites for hydroxylation is 1. The normalized spacial score (nSPS) is 15.1. The highest BCUT2D eigenvalue weighted by Gasteiger charge is 2.29. The van der Waals surface area contributed by atoms with Crippen molar-refractivity contribution in [2.45, 2.75) is 19.8 Å². The summed E-state index contributed by atoms with van der Waals surface area (Å²) in [6.07, 6.45) is 2.06. The third-order valence-electron chi connectivity index (χ3n) is 2.54. The van der Waals surface area contributed by atoms with Crippen molar-refractivity contribution < 1.29 is 9.53 Å². The van der Waals surface area contributed by atoms with Crippen molar-refractivity contribution in [2.75, 3.05) is 6.61 Å². The molecule has 0 heterocycles. The second-order valence-electron chi connectivity index (χ2n) is 3.94. The monoisotopic (exact) mass is 224 g/mol. The molecule has 0 bridgehead atoms. The van der Waals surface area contributed by atoms with E-state index in [4.69, 9.17) is 16.3 Å². The van der Waals surface area contributed by atoms with E-state index in [1.165, 1.54) is 0 Å². The molecule has 1 saturated carbocycles. The van der Waals surface area contributed by atoms with E-state index < -0.39 is 0 Å². The van der Waals surface area contributed by atoms with E-state index in [2.05, 4.69) is 0 Å². The molecule has 0 N–H and O–H groups in total. The van der Waals surface area contributed by atoms with Gasteiger partial charge in [-0.05, 0) is 43.5 Å². The van der Waals surface area contributed by atoms with Crippen LogP contribution in [0.5, 0.6) is 5.75 Å². The van der Waals surface area contributed by atoms with Crippen molar-refractivity contribution in [2.24, 2.45) is 5.92 Å². The van der Waals surface area contributed by atoms with E-state index in [1.807, 2.05) is 13.0 Å². The van der Waals surface area contributed by atoms with E-state index in [9.17, 15) is 4.79 Å². The van der Waals surface area contributed by atoms with E-state index in [0.29, 0.717) is 5.75 Å². The lowest BCUT2D eigenvalue weighted by molar-refractivity contribution is -0.122. The number of hydrogen-bond acceptors (Lipinski definition) is 2. The van der Waals surface area contributed by atoms with Crippen LogP contribution in [0.15, 0.2) is 18.2 Å². The molecule has 1 aromatic carbocycles. The zero-order valence-corrected chi connectivity index (χ0v) is 9.38. The maximum Gasteiger partial charge on any atom is 0.173 e. The standard InChI is InChI=1S/C12H13ClO2/c1-8-6-10(4-5-11(8)13)15-7-12(14)9-2-3-9/h4-6,9H,2-3,7H2,1H3. The summed E-state index contributed by atoms with van der Waals surface area (Å²) in [6, 6.07) is 5.42. The summed E-state index contributed by atoms with van der Waals surface area (Å²) < 4.78 is 5.40. The Morgan fingerprint density at radius 3 is 2.87 bits per heavy atom. The van der Waals surface area contributed by atoms with E-state index in [1.54, 1.807) is 12.1 Å². The molecule has 0 amide bonds. The van der Waals surface area contributed by atoms with Gasteiger partial charge < -0.3 is 4.74 Å². The fourth-order valence-corrected chi connectivity index (χ4v) is 1.50. The first-order valence-corrected chi connectivity index (χ1v) is 5.46. The number of benzene rings is 1. The smallest absolute Gasteiger partial charge is 0.173 e. The number of hydrogen-bond donors (Lipinski definition) is 0. The molecular formula is C12H13ClO2. The Bertz CT molecular complexity index is 383. The Morgan fingerprint density at radius 2 is 2.27 bits per heavy atom. The molecule has 0 aliphatic heterocycles. The highest BCUT2D eigenvalue weighted by atomic mass is 35.5. The number of ketones is 1. The summed E-state index contributed by atoms with van der Waals surface area (Å²) in [7, 11) is 0. The molecule has 15 heavy (non-hydrogen) atoms. The van der Waals surface area contributed by atoms with Crippen LogP contribution in [0.25, 0.3) is 0 Å². The molecule has 0 spiro atoms. The summed E-state index contributed by atoms with van der Waals surface area (Å²) >= 11 is 5.88. The van der Waals surface area contributed by atoms with Gasteiger partial charge in [-0.1, -0.05) is 11.6 Å². The minimum absolute atomic E-state index is 0.186. The number of carbonyl (C=O) groups excluding carboxylic acids is 1. The van der Waals surface area contributed by atoms with Crippen molar-refractivity contribution in [3.8, 4) is 5.75 Å². The van der Waals surface area contributed by atoms with Gasteiger partial charge in [0.25, 0.3) is 0 Å². The molecular weight excluding hydrogens is 212 g/mol. The van der Waals surface area contributed by atoms with Gasteiger partial charge in [0.2, 0.25) is 0 Å². The van der Waals surface area contributed by atoms with Crippen molar-refractivity contribution in [3.63, 3.8) is 0 Å². The minimum Gasteiger partial charge on any atom is -0.486 e. The van der Waals surface area contributed by atoms with Crippen molar-refractivity contribution in [1.29, 1.82) is 0 Å². The molecule has 80 valence electrons. The first kappa shape index (κ1) is 10.5. The first-order chi connectivity index (χ1) is 7.16. The topological polar surface area (TPSA) is 26.3 Å². The van der Waals surface area contributed by atoms with Crippen LogP contribution in [0.2, 0.25) is 5.02 Å². The maximum atomic E-state index is 11.4. The predicted molar refractivity (Wildman–Crippen MR) is 59.4 cm³/mol. The molecule has 3 heteroatoms. The van der Waals surface area contributed by atoms with E-state index >= 15 is 0 Å². The van der Waals surface area contributed by atoms with Crippen LogP contribution in [-0.4, -0.2) is 12.4 Å². The summed E-state index contributed by atoms with van der Waals surface area (Å²) in [5.74, 6) is 1.19. The van der Waals surface area contributed by atoms with E-state index in [-0.39, 0.29) is 18.3 Å². The Hall–Kier alpha value is -1.02. The SMILES string of the molecule is Cc1cc(OCC(=O)C2CC2)ccc1Cl. The molecule has 0 aromatic heterocycles. The van der Waals surface area contributed by atoms with Gasteiger partial charge in [0.15, 0.2) is 5.78 Å². The van der Waals surface area contributed by atoms with Crippen LogP contribution in [0, 0.1) is 12.8 Å². The van der Waals surface area contributed by atoms with Crippen LogP contribution in [0.1, 0.15) is 18.4 Å². The lowest BCUT2D eigenvalue weighted by Gasteiger charge is -2.06. The van der Waals surface area contributed by atoms with Crippen LogP contribution in [0.3, 0.4) is 0 Å². The average Bonchev–Trinajstić information content (AvgIpc) is 3.03. The molecule has 1 aliphatic carbocycles. The molecule has 2 rings (SSSR count). The molecule has 1 fully saturated rings. The predicted octanol–water partition coefficient (Wildman–Crippen LogP) is 3.01. The maximum absolute atomic E-state index is 11.4. The van der Waals surface area contributed by atoms with Crippen molar-refractivity contribution in [1.82, 2.24) is 0 Å². The summed E-state index contributed by atoms with van der Waals surface area (Å²) in [5.41, 5.74) is 0.966. The third kappa shape index (κ3) is 2.72. The van der Waals surface area contributed by atoms with Crippen molar-refractivity contribution in [3.05, 3.63) is 28.8 Å². The fraction of sp³-hybridized carbons (Fsp3) is 0.417. The third-order valence-corrected chi connectivity index (χ3v) is 2.97. The Labute approximate surface area is 94.2 Å². The van der Waals surface area contributed by atoms with Gasteiger partial charge in [-0.15, -0.1) is 0 Å². The first-order valence-electron chi connectivity index (χ1n) is 5.08. The summed E-state index contributed by atoms with van der Waals surface area (Å²) in [4.78, 5) is 11.4. The molecule has 0 saturated heterocycles. The lowest BCUT2D eigenvalue weighted by atomic mass is 10.2. The number of Topliss-reactive ketones (excluding diaryl/α,β-unsaturated/α-hetero) is 1. The average molecular weight is 225 g/mol. The van der Waals surface area contributed by atoms with Gasteiger partial charge in [0, 0.05) is 10.9 Å². The second kappa shape index (κ2) is 4.23. The van der Waals surface area contributed by atoms with Gasteiger partial charge in [0.1, 0.15) is 12.4 Å². The Morgan fingerprint density at radius 1 is 1.53 bits per heavy atom. The number of halogens is 1. The fourth-order valence-electron chi connectivity index (χ4n) is 1.38. The summed E-state index contributed by atoms with van der Waals surface area (Å²) in [5, 5.41) is 0.718. The molecule has 2 nitrogen and oxygen atoms in total. The van der Waals surface area contributed by atoms with Gasteiger partial charge >= 0.3 is 0 Å². The molecule has 0 radical (unpaired) electrons. The zero-order valence-electron chi connectivity index (χ0n) is 8.63. The second-order valence-corrected chi connectivity index (χ2v) is 4.35. The van der Waals surface area contributed by atoms with Gasteiger partial charge in [0.05, 0.1) is 0 Å². The molecule has 0 atom stereocenters. The quantitative estimate of drug-likeness (QED) is 0.786. The number of ether oxygens (including phenoxy) is 1. The molecule has 1 aliphatic rings. The number of carbonyl (C=O) groups is 1. The lowest BCUT2D eigenvalue weighted by Crippen LogP contribution is -2.12. The Kier molecular flexibility index (Phi) is 2.96. The van der Waals surface area contributed by atoms with Crippen LogP contribution in [0.4, 0.5) is 0 Å². The van der Waals surface area contributed by atoms with Gasteiger partial charge in [-0.2, -0.15) is 0 Å². The zero-order chi connectivity index (χ0) is 10.8.